The predicted molar refractivity (Wildman–Crippen MR) is 124 cm³/mol. The van der Waals surface area contributed by atoms with Crippen molar-refractivity contribution in [2.24, 2.45) is 5.92 Å². The summed E-state index contributed by atoms with van der Waals surface area (Å²) in [5.74, 6) is 0.0915. The van der Waals surface area contributed by atoms with Crippen LogP contribution in [0.4, 0.5) is 5.69 Å². The Morgan fingerprint density at radius 1 is 1.06 bits per heavy atom. The number of carbonyl (C=O) groups excluding carboxylic acids is 3. The monoisotopic (exact) mass is 454 g/mol. The van der Waals surface area contributed by atoms with Crippen molar-refractivity contribution in [3.63, 3.8) is 0 Å². The van der Waals surface area contributed by atoms with E-state index in [9.17, 15) is 14.4 Å². The van der Waals surface area contributed by atoms with Gasteiger partial charge in [0.2, 0.25) is 11.8 Å². The second-order valence-electron chi connectivity index (χ2n) is 8.13. The maximum absolute atomic E-state index is 12.8. The third kappa shape index (κ3) is 5.45. The van der Waals surface area contributed by atoms with Crippen LogP contribution in [0.5, 0.6) is 11.5 Å². The first-order chi connectivity index (χ1) is 15.8. The molecular formula is C25H30N2O6. The van der Waals surface area contributed by atoms with Gasteiger partial charge in [0, 0.05) is 25.2 Å². The Labute approximate surface area is 193 Å². The molecule has 33 heavy (non-hydrogen) atoms. The van der Waals surface area contributed by atoms with Gasteiger partial charge >= 0.3 is 5.97 Å². The van der Waals surface area contributed by atoms with Crippen LogP contribution in [0.2, 0.25) is 0 Å². The molecule has 2 amide bonds. The number of methoxy groups -OCH3 is 3. The Hall–Kier alpha value is -3.55. The summed E-state index contributed by atoms with van der Waals surface area (Å²) in [6, 6.07) is 9.08. The topological polar surface area (TPSA) is 94.2 Å². The molecule has 8 nitrogen and oxygen atoms in total. The molecule has 2 aromatic rings. The lowest BCUT2D eigenvalue weighted by molar-refractivity contribution is -0.128. The van der Waals surface area contributed by atoms with E-state index < -0.39 is 11.9 Å². The minimum Gasteiger partial charge on any atom is -0.493 e. The molecular weight excluding hydrogens is 424 g/mol. The average Bonchev–Trinajstić information content (AvgIpc) is 3.19. The molecule has 3 rings (SSSR count). The number of benzene rings is 2. The fourth-order valence-corrected chi connectivity index (χ4v) is 3.96. The van der Waals surface area contributed by atoms with E-state index in [0.29, 0.717) is 42.3 Å². The number of ether oxygens (including phenoxy) is 3. The van der Waals surface area contributed by atoms with Gasteiger partial charge in [0.15, 0.2) is 11.5 Å². The highest BCUT2D eigenvalue weighted by molar-refractivity contribution is 5.99. The van der Waals surface area contributed by atoms with Gasteiger partial charge in [-0.15, -0.1) is 0 Å². The number of rotatable bonds is 8. The normalized spacial score (nSPS) is 15.4. The van der Waals surface area contributed by atoms with Crippen molar-refractivity contribution < 1.29 is 28.6 Å². The molecule has 1 fully saturated rings. The van der Waals surface area contributed by atoms with Gasteiger partial charge in [0.25, 0.3) is 0 Å². The molecule has 0 saturated carbocycles. The van der Waals surface area contributed by atoms with Crippen molar-refractivity contribution in [1.29, 1.82) is 0 Å². The molecule has 8 heteroatoms. The van der Waals surface area contributed by atoms with Crippen LogP contribution in [0.1, 0.15) is 33.5 Å². The first kappa shape index (κ1) is 24.1. The molecule has 0 aromatic heterocycles. The molecule has 1 N–H and O–H groups in total. The van der Waals surface area contributed by atoms with Crippen molar-refractivity contribution in [3.8, 4) is 11.5 Å². The maximum Gasteiger partial charge on any atom is 0.338 e. The molecule has 0 radical (unpaired) electrons. The molecule has 2 aromatic carbocycles. The first-order valence-corrected chi connectivity index (χ1v) is 10.8. The van der Waals surface area contributed by atoms with Gasteiger partial charge in [0.1, 0.15) is 0 Å². The Morgan fingerprint density at radius 3 is 2.45 bits per heavy atom. The van der Waals surface area contributed by atoms with E-state index in [4.69, 9.17) is 14.2 Å². The molecule has 0 spiro atoms. The van der Waals surface area contributed by atoms with E-state index in [0.717, 1.165) is 16.7 Å². The highest BCUT2D eigenvalue weighted by Crippen LogP contribution is 2.28. The Balaban J connectivity index is 1.63. The van der Waals surface area contributed by atoms with Gasteiger partial charge < -0.3 is 24.4 Å². The number of hydrogen-bond acceptors (Lipinski definition) is 6. The minimum absolute atomic E-state index is 0.0500. The fourth-order valence-electron chi connectivity index (χ4n) is 3.96. The molecule has 1 aliphatic heterocycles. The number of aryl methyl sites for hydroxylation is 1. The summed E-state index contributed by atoms with van der Waals surface area (Å²) in [6.45, 7) is 4.56. The average molecular weight is 455 g/mol. The van der Waals surface area contributed by atoms with Crippen molar-refractivity contribution in [2.75, 3.05) is 39.7 Å². The zero-order chi connectivity index (χ0) is 24.1. The number of anilines is 1. The summed E-state index contributed by atoms with van der Waals surface area (Å²) in [7, 11) is 4.49. The quantitative estimate of drug-likeness (QED) is 0.616. The van der Waals surface area contributed by atoms with Crippen LogP contribution in [0.15, 0.2) is 30.3 Å². The van der Waals surface area contributed by atoms with E-state index in [1.165, 1.54) is 7.11 Å². The lowest BCUT2D eigenvalue weighted by Gasteiger charge is -2.17. The van der Waals surface area contributed by atoms with E-state index in [-0.39, 0.29) is 18.2 Å². The Morgan fingerprint density at radius 2 is 1.79 bits per heavy atom. The van der Waals surface area contributed by atoms with E-state index in [2.05, 4.69) is 5.32 Å². The van der Waals surface area contributed by atoms with Crippen LogP contribution in [-0.2, 0) is 20.7 Å². The first-order valence-electron chi connectivity index (χ1n) is 10.8. The van der Waals surface area contributed by atoms with Crippen molar-refractivity contribution in [1.82, 2.24) is 4.90 Å². The molecule has 1 unspecified atom stereocenters. The number of likely N-dealkylation sites (tertiary alicyclic amines) is 1. The number of carbonyl (C=O) groups is 3. The lowest BCUT2D eigenvalue weighted by atomic mass is 10.0. The van der Waals surface area contributed by atoms with Crippen LogP contribution in [0.25, 0.3) is 0 Å². The summed E-state index contributed by atoms with van der Waals surface area (Å²) in [5.41, 5.74) is 3.61. The van der Waals surface area contributed by atoms with E-state index >= 15 is 0 Å². The number of esters is 1. The predicted octanol–water partition coefficient (Wildman–Crippen LogP) is 3.14. The van der Waals surface area contributed by atoms with Gasteiger partial charge in [-0.1, -0.05) is 6.07 Å². The van der Waals surface area contributed by atoms with Crippen molar-refractivity contribution in [3.05, 3.63) is 52.6 Å². The molecule has 0 bridgehead atoms. The number of nitrogens with one attached hydrogen (secondary N) is 1. The number of hydrogen-bond donors (Lipinski definition) is 1. The highest BCUT2D eigenvalue weighted by Gasteiger charge is 2.34. The van der Waals surface area contributed by atoms with Crippen molar-refractivity contribution >= 4 is 23.5 Å². The van der Waals surface area contributed by atoms with E-state index in [1.54, 1.807) is 25.2 Å². The molecule has 1 saturated heterocycles. The van der Waals surface area contributed by atoms with Gasteiger partial charge in [-0.3, -0.25) is 9.59 Å². The smallest absolute Gasteiger partial charge is 0.338 e. The number of nitrogens with zero attached hydrogens (tertiary/aromatic N) is 1. The summed E-state index contributed by atoms with van der Waals surface area (Å²) in [5, 5.41) is 2.86. The molecule has 176 valence electrons. The van der Waals surface area contributed by atoms with Crippen LogP contribution >= 0.6 is 0 Å². The number of amides is 2. The summed E-state index contributed by atoms with van der Waals surface area (Å²) in [4.78, 5) is 39.1. The van der Waals surface area contributed by atoms with Crippen LogP contribution in [0, 0.1) is 19.8 Å². The Kier molecular flexibility index (Phi) is 7.58. The van der Waals surface area contributed by atoms with Crippen molar-refractivity contribution in [2.45, 2.75) is 26.7 Å². The third-order valence-electron chi connectivity index (χ3n) is 6.04. The van der Waals surface area contributed by atoms with Gasteiger partial charge in [-0.25, -0.2) is 4.79 Å². The van der Waals surface area contributed by atoms with Gasteiger partial charge in [0.05, 0.1) is 32.8 Å². The van der Waals surface area contributed by atoms with Crippen LogP contribution in [-0.4, -0.2) is 57.1 Å². The second-order valence-corrected chi connectivity index (χ2v) is 8.13. The molecule has 1 heterocycles. The minimum atomic E-state index is -0.455. The molecule has 0 aliphatic carbocycles. The van der Waals surface area contributed by atoms with E-state index in [1.807, 2.05) is 38.1 Å². The zero-order valence-corrected chi connectivity index (χ0v) is 19.7. The van der Waals surface area contributed by atoms with Gasteiger partial charge in [-0.05, 0) is 61.2 Å². The fraction of sp³-hybridized carbons (Fsp3) is 0.400. The second kappa shape index (κ2) is 10.4. The SMILES string of the molecule is COC(=O)c1cc(NC(=O)C2CC(=O)N(CCc3ccc(OC)c(OC)c3)C2)cc(C)c1C. The summed E-state index contributed by atoms with van der Waals surface area (Å²) >= 11 is 0. The van der Waals surface area contributed by atoms with Crippen LogP contribution < -0.4 is 14.8 Å². The summed E-state index contributed by atoms with van der Waals surface area (Å²) < 4.78 is 15.4. The lowest BCUT2D eigenvalue weighted by Crippen LogP contribution is -2.30. The van der Waals surface area contributed by atoms with Crippen LogP contribution in [0.3, 0.4) is 0 Å². The summed E-state index contributed by atoms with van der Waals surface area (Å²) in [6.07, 6.45) is 0.798. The van der Waals surface area contributed by atoms with Gasteiger partial charge in [-0.2, -0.15) is 0 Å². The maximum atomic E-state index is 12.8. The molecule has 1 atom stereocenters. The zero-order valence-electron chi connectivity index (χ0n) is 19.7. The Bertz CT molecular complexity index is 1070. The largest absolute Gasteiger partial charge is 0.493 e. The highest BCUT2D eigenvalue weighted by atomic mass is 16.5. The standard InChI is InChI=1S/C25H30N2O6/c1-15-10-19(13-20(16(15)2)25(30)33-5)26-24(29)18-12-23(28)27(14-18)9-8-17-6-7-21(31-3)22(11-17)32-4/h6-7,10-11,13,18H,8-9,12,14H2,1-5H3,(H,26,29). The molecule has 1 aliphatic rings. The third-order valence-corrected chi connectivity index (χ3v) is 6.04.